The number of nitrogens with two attached hydrogens (primary N) is 1. The number of carbonyl (C=O) groups is 5. The topological polar surface area (TPSA) is 219 Å². The number of aromatic nitrogens is 2. The molecule has 16 heteroatoms. The van der Waals surface area contributed by atoms with Crippen LogP contribution in [0.1, 0.15) is 58.2 Å². The Morgan fingerprint density at radius 1 is 0.708 bits per heavy atom. The summed E-state index contributed by atoms with van der Waals surface area (Å²) in [6, 6.07) is 26.0. The molecule has 0 bridgehead atoms. The van der Waals surface area contributed by atoms with Gasteiger partial charge < -0.3 is 40.9 Å². The second-order valence-corrected chi connectivity index (χ2v) is 18.1. The highest BCUT2D eigenvalue weighted by atomic mass is 16.6. The molecule has 0 saturated heterocycles. The predicted molar refractivity (Wildman–Crippen MR) is 248 cm³/mol. The van der Waals surface area contributed by atoms with E-state index in [9.17, 15) is 24.0 Å². The van der Waals surface area contributed by atoms with Crippen LogP contribution in [0.15, 0.2) is 109 Å². The van der Waals surface area contributed by atoms with Crippen LogP contribution in [0.4, 0.5) is 9.59 Å². The molecule has 0 saturated carbocycles. The molecule has 0 aliphatic carbocycles. The van der Waals surface area contributed by atoms with E-state index in [1.54, 1.807) is 58.9 Å². The first-order chi connectivity index (χ1) is 30.9. The highest BCUT2D eigenvalue weighted by Crippen LogP contribution is 2.24. The molecule has 346 valence electrons. The Balaban J connectivity index is 1.58. The fourth-order valence-electron chi connectivity index (χ4n) is 7.34. The van der Waals surface area contributed by atoms with Gasteiger partial charge in [0.25, 0.3) is 5.91 Å². The standard InChI is InChI=1S/C49H62N8O8/c1-48(2,3)41(54-46(61)63-7)43(58)53-39(26-31-16-10-9-11-17-31)40(65-45(60)36(50)27-34-28-52-38-20-13-12-18-35(34)38)30-57(56-44(59)42(49(4,5)6)55-47(62)64-8)29-32-21-23-33(24-22-32)37-19-14-15-25-51-37/h9-25,28,36,39-42,52H,26-27,29-30,50H2,1-8H3,(H,53,58)(H,54,61)(H,55,62)(H,56,59)/t36-,39-,40-,41+,42+/m0/s1. The van der Waals surface area contributed by atoms with Gasteiger partial charge in [0.05, 0.1) is 32.5 Å². The number of benzene rings is 3. The van der Waals surface area contributed by atoms with Crippen LogP contribution in [0.3, 0.4) is 0 Å². The van der Waals surface area contributed by atoms with E-state index in [1.165, 1.54) is 14.2 Å². The summed E-state index contributed by atoms with van der Waals surface area (Å²) in [5.41, 5.74) is 13.0. The molecule has 2 aromatic heterocycles. The first-order valence-electron chi connectivity index (χ1n) is 21.5. The molecule has 0 aliphatic rings. The largest absolute Gasteiger partial charge is 0.458 e. The van der Waals surface area contributed by atoms with E-state index in [0.29, 0.717) is 0 Å². The molecule has 5 rings (SSSR count). The van der Waals surface area contributed by atoms with Gasteiger partial charge in [0.2, 0.25) is 5.91 Å². The lowest BCUT2D eigenvalue weighted by Crippen LogP contribution is -2.61. The highest BCUT2D eigenvalue weighted by Gasteiger charge is 2.39. The minimum Gasteiger partial charge on any atom is -0.458 e. The van der Waals surface area contributed by atoms with Crippen molar-refractivity contribution < 1.29 is 38.2 Å². The van der Waals surface area contributed by atoms with Crippen LogP contribution in [0.2, 0.25) is 0 Å². The van der Waals surface area contributed by atoms with Crippen LogP contribution in [-0.2, 0) is 48.0 Å². The Labute approximate surface area is 380 Å². The van der Waals surface area contributed by atoms with Gasteiger partial charge >= 0.3 is 18.2 Å². The van der Waals surface area contributed by atoms with Crippen LogP contribution in [0, 0.1) is 10.8 Å². The maximum absolute atomic E-state index is 14.4. The fraction of sp³-hybridized carbons (Fsp3) is 0.388. The zero-order valence-electron chi connectivity index (χ0n) is 38.3. The number of fused-ring (bicyclic) bond motifs is 1. The number of hydrogen-bond acceptors (Lipinski definition) is 11. The molecule has 0 radical (unpaired) electrons. The maximum atomic E-state index is 14.4. The Morgan fingerprint density at radius 2 is 1.31 bits per heavy atom. The van der Waals surface area contributed by atoms with Gasteiger partial charge in [-0.25, -0.2) is 14.6 Å². The van der Waals surface area contributed by atoms with E-state index in [2.05, 4.69) is 31.3 Å². The summed E-state index contributed by atoms with van der Waals surface area (Å²) in [7, 11) is 2.42. The van der Waals surface area contributed by atoms with Gasteiger partial charge in [-0.2, -0.15) is 0 Å². The number of nitrogens with zero attached hydrogens (tertiary/aromatic N) is 2. The van der Waals surface area contributed by atoms with Gasteiger partial charge in [0.1, 0.15) is 24.2 Å². The van der Waals surface area contributed by atoms with Crippen LogP contribution < -0.4 is 27.1 Å². The summed E-state index contributed by atoms with van der Waals surface area (Å²) in [6.45, 7) is 10.7. The second-order valence-electron chi connectivity index (χ2n) is 18.1. The van der Waals surface area contributed by atoms with E-state index < -0.39 is 71.1 Å². The summed E-state index contributed by atoms with van der Waals surface area (Å²) in [6.07, 6.45) is 1.02. The average molecular weight is 891 g/mol. The fourth-order valence-corrected chi connectivity index (χ4v) is 7.34. The molecular weight excluding hydrogens is 829 g/mol. The number of methoxy groups -OCH3 is 2. The molecule has 4 amide bonds. The first kappa shape index (κ1) is 49.2. The van der Waals surface area contributed by atoms with E-state index in [0.717, 1.165) is 38.9 Å². The molecule has 0 aliphatic heterocycles. The normalized spacial score (nSPS) is 14.0. The highest BCUT2D eigenvalue weighted by molar-refractivity contribution is 5.88. The number of nitrogens with one attached hydrogen (secondary N) is 5. The number of para-hydroxylation sites is 1. The van der Waals surface area contributed by atoms with E-state index in [4.69, 9.17) is 19.9 Å². The van der Waals surface area contributed by atoms with Crippen LogP contribution in [0.5, 0.6) is 0 Å². The second kappa shape index (κ2) is 22.2. The monoisotopic (exact) mass is 890 g/mol. The summed E-state index contributed by atoms with van der Waals surface area (Å²) < 4.78 is 16.2. The van der Waals surface area contributed by atoms with Crippen LogP contribution in [-0.4, -0.2) is 96.0 Å². The number of hydrogen-bond donors (Lipinski definition) is 6. The van der Waals surface area contributed by atoms with Crippen molar-refractivity contribution in [3.63, 3.8) is 0 Å². The number of H-pyrrole nitrogens is 1. The molecule has 7 N–H and O–H groups in total. The molecule has 2 heterocycles. The van der Waals surface area contributed by atoms with Crippen molar-refractivity contribution in [3.8, 4) is 11.3 Å². The van der Waals surface area contributed by atoms with Crippen molar-refractivity contribution in [1.82, 2.24) is 36.4 Å². The molecule has 5 aromatic rings. The lowest BCUT2D eigenvalue weighted by Gasteiger charge is -2.37. The number of alkyl carbamates (subject to hydrolysis) is 2. The molecule has 0 unspecified atom stereocenters. The summed E-state index contributed by atoms with van der Waals surface area (Å²) >= 11 is 0. The Hall–Kier alpha value is -6.78. The molecular formula is C49H62N8O8. The third-order valence-corrected chi connectivity index (χ3v) is 10.9. The molecule has 5 atom stereocenters. The number of ether oxygens (including phenoxy) is 3. The van der Waals surface area contributed by atoms with Gasteiger partial charge in [-0.15, -0.1) is 0 Å². The van der Waals surface area contributed by atoms with Gasteiger partial charge in [0.15, 0.2) is 0 Å². The number of amides is 4. The van der Waals surface area contributed by atoms with Gasteiger partial charge in [-0.3, -0.25) is 24.8 Å². The lowest BCUT2D eigenvalue weighted by molar-refractivity contribution is -0.155. The number of pyridine rings is 1. The number of carbonyl (C=O) groups excluding carboxylic acids is 5. The zero-order valence-corrected chi connectivity index (χ0v) is 38.3. The van der Waals surface area contributed by atoms with Crippen molar-refractivity contribution in [3.05, 3.63) is 126 Å². The van der Waals surface area contributed by atoms with E-state index >= 15 is 0 Å². The number of hydrazine groups is 1. The summed E-state index contributed by atoms with van der Waals surface area (Å²) in [4.78, 5) is 75.9. The zero-order chi connectivity index (χ0) is 47.3. The Kier molecular flexibility index (Phi) is 16.8. The summed E-state index contributed by atoms with van der Waals surface area (Å²) in [5.74, 6) is -1.89. The van der Waals surface area contributed by atoms with Crippen molar-refractivity contribution in [2.75, 3.05) is 20.8 Å². The van der Waals surface area contributed by atoms with Crippen LogP contribution >= 0.6 is 0 Å². The van der Waals surface area contributed by atoms with Crippen LogP contribution in [0.25, 0.3) is 22.2 Å². The van der Waals surface area contributed by atoms with Gasteiger partial charge in [-0.05, 0) is 52.1 Å². The third-order valence-electron chi connectivity index (χ3n) is 10.9. The molecule has 0 fully saturated rings. The van der Waals surface area contributed by atoms with Crippen molar-refractivity contribution in [2.24, 2.45) is 16.6 Å². The lowest BCUT2D eigenvalue weighted by atomic mass is 9.85. The first-order valence-corrected chi connectivity index (χ1v) is 21.5. The molecule has 65 heavy (non-hydrogen) atoms. The van der Waals surface area contributed by atoms with Crippen molar-refractivity contribution in [1.29, 1.82) is 0 Å². The minimum absolute atomic E-state index is 0.0826. The van der Waals surface area contributed by atoms with Gasteiger partial charge in [0, 0.05) is 41.8 Å². The molecule has 3 aromatic carbocycles. The van der Waals surface area contributed by atoms with Gasteiger partial charge in [-0.1, -0.05) is 120 Å². The summed E-state index contributed by atoms with van der Waals surface area (Å²) in [5, 5.41) is 10.9. The molecule has 0 spiro atoms. The quantitative estimate of drug-likeness (QED) is 0.0350. The maximum Gasteiger partial charge on any atom is 0.407 e. The number of rotatable bonds is 18. The average Bonchev–Trinajstić information content (AvgIpc) is 3.68. The minimum atomic E-state index is -1.19. The SMILES string of the molecule is COC(=O)N[C@H](C(=O)N[C@@H](Cc1ccccc1)[C@H](CN(Cc1ccc(-c2ccccn2)cc1)NC(=O)[C@@H](NC(=O)OC)C(C)(C)C)OC(=O)[C@@H](N)Cc1c[nH]c2ccccc12)C(C)(C)C. The molecule has 16 nitrogen and oxygen atoms in total. The van der Waals surface area contributed by atoms with Crippen molar-refractivity contribution in [2.45, 2.75) is 91.2 Å². The van der Waals surface area contributed by atoms with E-state index in [1.807, 2.05) is 97.1 Å². The third kappa shape index (κ3) is 14.1. The number of esters is 1. The van der Waals surface area contributed by atoms with E-state index in [-0.39, 0.29) is 25.9 Å². The smallest absolute Gasteiger partial charge is 0.407 e. The Bertz CT molecular complexity index is 2360. The van der Waals surface area contributed by atoms with Crippen molar-refractivity contribution >= 4 is 40.9 Å². The predicted octanol–water partition coefficient (Wildman–Crippen LogP) is 5.81. The Morgan fingerprint density at radius 3 is 1.91 bits per heavy atom. The number of aromatic amines is 1.